The summed E-state index contributed by atoms with van der Waals surface area (Å²) >= 11 is 0. The van der Waals surface area contributed by atoms with Gasteiger partial charge in [-0.2, -0.15) is 0 Å². The van der Waals surface area contributed by atoms with Gasteiger partial charge >= 0.3 is 0 Å². The third-order valence-electron chi connectivity index (χ3n) is 3.92. The molecule has 1 N–H and O–H groups in total. The molecular weight excluding hydrogens is 282 g/mol. The van der Waals surface area contributed by atoms with Crippen LogP contribution in [-0.4, -0.2) is 34.3 Å². The molecule has 0 saturated heterocycles. The number of benzene rings is 1. The Labute approximate surface area is 130 Å². The van der Waals surface area contributed by atoms with E-state index in [-0.39, 0.29) is 12.5 Å². The topological polar surface area (TPSA) is 69.4 Å². The number of hydrogen-bond donors (Lipinski definition) is 1. The predicted octanol–water partition coefficient (Wildman–Crippen LogP) is 2.68. The minimum atomic E-state index is -0.121. The van der Waals surface area contributed by atoms with E-state index >= 15 is 0 Å². The molecule has 2 aromatic rings. The molecular formula is C16H23N3O3. The average molecular weight is 305 g/mol. The van der Waals surface area contributed by atoms with Crippen LogP contribution in [0, 0.1) is 0 Å². The van der Waals surface area contributed by atoms with Crippen LogP contribution in [0.5, 0.6) is 11.5 Å². The average Bonchev–Trinajstić information content (AvgIpc) is 2.99. The van der Waals surface area contributed by atoms with E-state index in [0.717, 1.165) is 24.2 Å². The minimum Gasteiger partial charge on any atom is -0.497 e. The zero-order valence-corrected chi connectivity index (χ0v) is 13.5. The number of methoxy groups -OCH3 is 2. The standard InChI is InChI=1S/C16H23N3O3/c1-5-11(6-2)16-13(10-20)17-18-19(16)14-8-7-12(21-3)9-15(14)22-4/h7-9,11,20H,5-6,10H2,1-4H3. The molecule has 0 spiro atoms. The summed E-state index contributed by atoms with van der Waals surface area (Å²) in [6, 6.07) is 5.56. The van der Waals surface area contributed by atoms with Crippen LogP contribution in [0.25, 0.3) is 5.69 Å². The lowest BCUT2D eigenvalue weighted by Gasteiger charge is -2.17. The van der Waals surface area contributed by atoms with Crippen LogP contribution in [0.15, 0.2) is 18.2 Å². The van der Waals surface area contributed by atoms with Gasteiger partial charge in [-0.3, -0.25) is 0 Å². The Balaban J connectivity index is 2.60. The summed E-state index contributed by atoms with van der Waals surface area (Å²) in [5, 5.41) is 17.9. The van der Waals surface area contributed by atoms with Gasteiger partial charge < -0.3 is 14.6 Å². The van der Waals surface area contributed by atoms with Crippen LogP contribution in [0.3, 0.4) is 0 Å². The third-order valence-corrected chi connectivity index (χ3v) is 3.92. The van der Waals surface area contributed by atoms with E-state index in [2.05, 4.69) is 24.2 Å². The van der Waals surface area contributed by atoms with Crippen molar-refractivity contribution in [1.29, 1.82) is 0 Å². The van der Waals surface area contributed by atoms with Gasteiger partial charge in [0.05, 0.1) is 26.5 Å². The fraction of sp³-hybridized carbons (Fsp3) is 0.500. The number of aromatic nitrogens is 3. The Morgan fingerprint density at radius 3 is 2.45 bits per heavy atom. The summed E-state index contributed by atoms with van der Waals surface area (Å²) in [6.45, 7) is 4.13. The van der Waals surface area contributed by atoms with Crippen molar-refractivity contribution >= 4 is 0 Å². The second kappa shape index (κ2) is 7.26. The van der Waals surface area contributed by atoms with Crippen molar-refractivity contribution in [3.8, 4) is 17.2 Å². The number of aliphatic hydroxyl groups is 1. The van der Waals surface area contributed by atoms with Gasteiger partial charge in [-0.05, 0) is 25.0 Å². The van der Waals surface area contributed by atoms with E-state index < -0.39 is 0 Å². The van der Waals surface area contributed by atoms with Crippen LogP contribution in [0.2, 0.25) is 0 Å². The molecule has 1 heterocycles. The van der Waals surface area contributed by atoms with Gasteiger partial charge in [0.25, 0.3) is 0 Å². The minimum absolute atomic E-state index is 0.121. The van der Waals surface area contributed by atoms with E-state index in [4.69, 9.17) is 9.47 Å². The molecule has 1 aromatic heterocycles. The fourth-order valence-electron chi connectivity index (χ4n) is 2.65. The number of rotatable bonds is 7. The van der Waals surface area contributed by atoms with Gasteiger partial charge in [0.2, 0.25) is 0 Å². The fourth-order valence-corrected chi connectivity index (χ4v) is 2.65. The van der Waals surface area contributed by atoms with E-state index in [1.54, 1.807) is 18.9 Å². The van der Waals surface area contributed by atoms with Crippen molar-refractivity contribution < 1.29 is 14.6 Å². The highest BCUT2D eigenvalue weighted by Gasteiger charge is 2.22. The molecule has 2 rings (SSSR count). The molecule has 0 aliphatic heterocycles. The highest BCUT2D eigenvalue weighted by molar-refractivity contribution is 5.51. The molecule has 0 aliphatic carbocycles. The van der Waals surface area contributed by atoms with Crippen molar-refractivity contribution in [1.82, 2.24) is 15.0 Å². The Hall–Kier alpha value is -2.08. The zero-order valence-electron chi connectivity index (χ0n) is 13.5. The monoisotopic (exact) mass is 305 g/mol. The lowest BCUT2D eigenvalue weighted by molar-refractivity contribution is 0.274. The van der Waals surface area contributed by atoms with Crippen LogP contribution < -0.4 is 9.47 Å². The van der Waals surface area contributed by atoms with Crippen molar-refractivity contribution in [2.24, 2.45) is 0 Å². The van der Waals surface area contributed by atoms with E-state index in [0.29, 0.717) is 17.2 Å². The molecule has 0 unspecified atom stereocenters. The number of hydrogen-bond acceptors (Lipinski definition) is 5. The molecule has 0 radical (unpaired) electrons. The maximum absolute atomic E-state index is 9.56. The lowest BCUT2D eigenvalue weighted by atomic mass is 9.97. The first-order valence-electron chi connectivity index (χ1n) is 7.47. The Kier molecular flexibility index (Phi) is 5.38. The number of ether oxygens (including phenoxy) is 2. The van der Waals surface area contributed by atoms with E-state index in [1.807, 2.05) is 18.2 Å². The highest BCUT2D eigenvalue weighted by Crippen LogP contribution is 2.32. The molecule has 1 aromatic carbocycles. The van der Waals surface area contributed by atoms with Gasteiger partial charge in [-0.15, -0.1) is 5.10 Å². The molecule has 120 valence electrons. The largest absolute Gasteiger partial charge is 0.497 e. The van der Waals surface area contributed by atoms with E-state index in [9.17, 15) is 5.11 Å². The summed E-state index contributed by atoms with van der Waals surface area (Å²) in [5.74, 6) is 1.65. The summed E-state index contributed by atoms with van der Waals surface area (Å²) in [4.78, 5) is 0. The van der Waals surface area contributed by atoms with Crippen molar-refractivity contribution in [3.05, 3.63) is 29.6 Å². The second-order valence-electron chi connectivity index (χ2n) is 5.04. The molecule has 6 nitrogen and oxygen atoms in total. The lowest BCUT2D eigenvalue weighted by Crippen LogP contribution is -2.10. The zero-order chi connectivity index (χ0) is 16.1. The molecule has 0 saturated carbocycles. The van der Waals surface area contributed by atoms with Gasteiger partial charge in [0, 0.05) is 12.0 Å². The summed E-state index contributed by atoms with van der Waals surface area (Å²) < 4.78 is 12.5. The van der Waals surface area contributed by atoms with Gasteiger partial charge in [0.1, 0.15) is 22.9 Å². The molecule has 0 amide bonds. The van der Waals surface area contributed by atoms with Crippen LogP contribution in [0.1, 0.15) is 44.0 Å². The van der Waals surface area contributed by atoms with E-state index in [1.165, 1.54) is 0 Å². The first kappa shape index (κ1) is 16.3. The maximum Gasteiger partial charge on any atom is 0.148 e. The highest BCUT2D eigenvalue weighted by atomic mass is 16.5. The predicted molar refractivity (Wildman–Crippen MR) is 83.7 cm³/mol. The van der Waals surface area contributed by atoms with Crippen LogP contribution >= 0.6 is 0 Å². The molecule has 0 atom stereocenters. The second-order valence-corrected chi connectivity index (χ2v) is 5.04. The molecule has 0 aliphatic rings. The van der Waals surface area contributed by atoms with Gasteiger partial charge in [0.15, 0.2) is 0 Å². The summed E-state index contributed by atoms with van der Waals surface area (Å²) in [5.41, 5.74) is 2.35. The van der Waals surface area contributed by atoms with Crippen molar-refractivity contribution in [2.75, 3.05) is 14.2 Å². The summed E-state index contributed by atoms with van der Waals surface area (Å²) in [7, 11) is 3.22. The third kappa shape index (κ3) is 2.92. The molecule has 22 heavy (non-hydrogen) atoms. The van der Waals surface area contributed by atoms with Crippen LogP contribution in [0.4, 0.5) is 0 Å². The maximum atomic E-state index is 9.56. The normalized spacial score (nSPS) is 11.0. The van der Waals surface area contributed by atoms with Gasteiger partial charge in [-0.1, -0.05) is 19.1 Å². The first-order valence-corrected chi connectivity index (χ1v) is 7.47. The molecule has 0 bridgehead atoms. The van der Waals surface area contributed by atoms with Gasteiger partial charge in [-0.25, -0.2) is 4.68 Å². The smallest absolute Gasteiger partial charge is 0.148 e. The Bertz CT molecular complexity index is 621. The van der Waals surface area contributed by atoms with Crippen LogP contribution in [-0.2, 0) is 6.61 Å². The van der Waals surface area contributed by atoms with Crippen molar-refractivity contribution in [3.63, 3.8) is 0 Å². The molecule has 0 fully saturated rings. The SMILES string of the molecule is CCC(CC)c1c(CO)nnn1-c1ccc(OC)cc1OC. The quantitative estimate of drug-likeness (QED) is 0.851. The first-order chi connectivity index (χ1) is 10.7. The number of nitrogens with zero attached hydrogens (tertiary/aromatic N) is 3. The van der Waals surface area contributed by atoms with Crippen molar-refractivity contribution in [2.45, 2.75) is 39.2 Å². The summed E-state index contributed by atoms with van der Waals surface area (Å²) in [6.07, 6.45) is 1.91. The number of aliphatic hydroxyl groups excluding tert-OH is 1. The molecule has 6 heteroatoms. The Morgan fingerprint density at radius 2 is 1.91 bits per heavy atom. The Morgan fingerprint density at radius 1 is 1.18 bits per heavy atom.